The Balaban J connectivity index is 2.25. The van der Waals surface area contributed by atoms with Crippen molar-refractivity contribution in [2.75, 3.05) is 26.2 Å². The van der Waals surface area contributed by atoms with Crippen LogP contribution in [0.15, 0.2) is 0 Å². The van der Waals surface area contributed by atoms with Crippen LogP contribution < -0.4 is 5.32 Å². The minimum atomic E-state index is 0.764. The molecule has 0 aliphatic carbocycles. The topological polar surface area (TPSA) is 15.3 Å². The molecule has 2 nitrogen and oxygen atoms in total. The molecule has 84 valence electrons. The first-order valence-corrected chi connectivity index (χ1v) is 6.18. The average molecular weight is 198 g/mol. The standard InChI is InChI=1S/C12H26N2/c1-4-8-14(9-11(2)3)10-12-6-5-7-13-12/h11-13H,4-10H2,1-3H3. The fourth-order valence-corrected chi connectivity index (χ4v) is 2.31. The van der Waals surface area contributed by atoms with Crippen molar-refractivity contribution < 1.29 is 0 Å². The van der Waals surface area contributed by atoms with Gasteiger partial charge in [-0.25, -0.2) is 0 Å². The predicted molar refractivity (Wildman–Crippen MR) is 62.6 cm³/mol. The van der Waals surface area contributed by atoms with E-state index in [1.807, 2.05) is 0 Å². The van der Waals surface area contributed by atoms with Gasteiger partial charge < -0.3 is 10.2 Å². The normalized spacial score (nSPS) is 22.5. The molecule has 1 unspecified atom stereocenters. The van der Waals surface area contributed by atoms with Crippen molar-refractivity contribution in [2.45, 2.75) is 46.1 Å². The molecule has 0 aromatic carbocycles. The third kappa shape index (κ3) is 4.43. The highest BCUT2D eigenvalue weighted by Crippen LogP contribution is 2.08. The summed E-state index contributed by atoms with van der Waals surface area (Å²) in [5.74, 6) is 0.794. The average Bonchev–Trinajstić information content (AvgIpc) is 2.56. The van der Waals surface area contributed by atoms with Crippen LogP contribution in [0.1, 0.15) is 40.0 Å². The zero-order valence-electron chi connectivity index (χ0n) is 10.1. The second-order valence-corrected chi connectivity index (χ2v) is 4.95. The van der Waals surface area contributed by atoms with E-state index < -0.39 is 0 Å². The van der Waals surface area contributed by atoms with Gasteiger partial charge >= 0.3 is 0 Å². The first kappa shape index (κ1) is 12.0. The second-order valence-electron chi connectivity index (χ2n) is 4.95. The van der Waals surface area contributed by atoms with E-state index in [1.54, 1.807) is 0 Å². The van der Waals surface area contributed by atoms with Crippen molar-refractivity contribution in [2.24, 2.45) is 5.92 Å². The smallest absolute Gasteiger partial charge is 0.0195 e. The highest BCUT2D eigenvalue weighted by molar-refractivity contribution is 4.78. The highest BCUT2D eigenvalue weighted by Gasteiger charge is 2.17. The zero-order chi connectivity index (χ0) is 10.4. The molecular formula is C12H26N2. The maximum atomic E-state index is 3.58. The van der Waals surface area contributed by atoms with Crippen LogP contribution in [0.5, 0.6) is 0 Å². The summed E-state index contributed by atoms with van der Waals surface area (Å²) in [6.45, 7) is 11.9. The summed E-state index contributed by atoms with van der Waals surface area (Å²) in [5, 5.41) is 3.58. The quantitative estimate of drug-likeness (QED) is 0.703. The molecule has 1 rings (SSSR count). The summed E-state index contributed by atoms with van der Waals surface area (Å²) in [4.78, 5) is 2.62. The lowest BCUT2D eigenvalue weighted by Crippen LogP contribution is -2.39. The van der Waals surface area contributed by atoms with Crippen LogP contribution >= 0.6 is 0 Å². The van der Waals surface area contributed by atoms with Gasteiger partial charge in [0.15, 0.2) is 0 Å². The van der Waals surface area contributed by atoms with Crippen molar-refractivity contribution in [3.05, 3.63) is 0 Å². The van der Waals surface area contributed by atoms with Gasteiger partial charge in [-0.3, -0.25) is 0 Å². The van der Waals surface area contributed by atoms with Crippen LogP contribution in [0, 0.1) is 5.92 Å². The Bertz CT molecular complexity index is 139. The SMILES string of the molecule is CCCN(CC(C)C)CC1CCCN1. The van der Waals surface area contributed by atoms with Crippen LogP contribution in [-0.2, 0) is 0 Å². The monoisotopic (exact) mass is 198 g/mol. The first-order chi connectivity index (χ1) is 6.72. The molecule has 1 saturated heterocycles. The lowest BCUT2D eigenvalue weighted by Gasteiger charge is -2.26. The van der Waals surface area contributed by atoms with Crippen molar-refractivity contribution >= 4 is 0 Å². The fraction of sp³-hybridized carbons (Fsp3) is 1.00. The molecule has 1 fully saturated rings. The van der Waals surface area contributed by atoms with Gasteiger partial charge in [0, 0.05) is 19.1 Å². The van der Waals surface area contributed by atoms with E-state index in [0.717, 1.165) is 12.0 Å². The van der Waals surface area contributed by atoms with Gasteiger partial charge in [0.05, 0.1) is 0 Å². The number of nitrogens with one attached hydrogen (secondary N) is 1. The molecule has 1 atom stereocenters. The van der Waals surface area contributed by atoms with Gasteiger partial charge in [-0.05, 0) is 38.3 Å². The molecule has 0 spiro atoms. The molecule has 0 amide bonds. The predicted octanol–water partition coefficient (Wildman–Crippen LogP) is 2.11. The molecule has 0 saturated carbocycles. The first-order valence-electron chi connectivity index (χ1n) is 6.18. The van der Waals surface area contributed by atoms with Crippen molar-refractivity contribution in [1.82, 2.24) is 10.2 Å². The van der Waals surface area contributed by atoms with Crippen LogP contribution in [0.2, 0.25) is 0 Å². The molecule has 1 aliphatic heterocycles. The van der Waals surface area contributed by atoms with Crippen molar-refractivity contribution in [1.29, 1.82) is 0 Å². The second kappa shape index (κ2) is 6.41. The van der Waals surface area contributed by atoms with Crippen molar-refractivity contribution in [3.8, 4) is 0 Å². The van der Waals surface area contributed by atoms with E-state index in [-0.39, 0.29) is 0 Å². The van der Waals surface area contributed by atoms with Gasteiger partial charge in [0.1, 0.15) is 0 Å². The highest BCUT2D eigenvalue weighted by atomic mass is 15.2. The minimum absolute atomic E-state index is 0.764. The Hall–Kier alpha value is -0.0800. The van der Waals surface area contributed by atoms with E-state index in [0.29, 0.717) is 0 Å². The number of rotatable bonds is 6. The molecule has 2 heteroatoms. The number of hydrogen-bond acceptors (Lipinski definition) is 2. The van der Waals surface area contributed by atoms with Gasteiger partial charge in [0.2, 0.25) is 0 Å². The Morgan fingerprint density at radius 3 is 2.71 bits per heavy atom. The molecule has 0 radical (unpaired) electrons. The minimum Gasteiger partial charge on any atom is -0.313 e. The van der Waals surface area contributed by atoms with E-state index in [2.05, 4.69) is 31.0 Å². The summed E-state index contributed by atoms with van der Waals surface area (Å²) in [6, 6.07) is 0.764. The molecule has 14 heavy (non-hydrogen) atoms. The third-order valence-electron chi connectivity index (χ3n) is 2.80. The summed E-state index contributed by atoms with van der Waals surface area (Å²) in [6.07, 6.45) is 4.02. The summed E-state index contributed by atoms with van der Waals surface area (Å²) < 4.78 is 0. The Labute approximate surface area is 89.1 Å². The Morgan fingerprint density at radius 1 is 1.43 bits per heavy atom. The zero-order valence-corrected chi connectivity index (χ0v) is 10.1. The van der Waals surface area contributed by atoms with E-state index in [4.69, 9.17) is 0 Å². The van der Waals surface area contributed by atoms with Crippen LogP contribution in [0.25, 0.3) is 0 Å². The van der Waals surface area contributed by atoms with E-state index in [9.17, 15) is 0 Å². The van der Waals surface area contributed by atoms with Gasteiger partial charge in [0.25, 0.3) is 0 Å². The summed E-state index contributed by atoms with van der Waals surface area (Å²) in [7, 11) is 0. The lowest BCUT2D eigenvalue weighted by atomic mass is 10.1. The summed E-state index contributed by atoms with van der Waals surface area (Å²) in [5.41, 5.74) is 0. The molecule has 1 N–H and O–H groups in total. The number of hydrogen-bond donors (Lipinski definition) is 1. The molecule has 0 aromatic heterocycles. The van der Waals surface area contributed by atoms with E-state index in [1.165, 1.54) is 45.4 Å². The third-order valence-corrected chi connectivity index (χ3v) is 2.80. The molecule has 1 aliphatic rings. The van der Waals surface area contributed by atoms with Gasteiger partial charge in [-0.15, -0.1) is 0 Å². The molecule has 0 aromatic rings. The largest absolute Gasteiger partial charge is 0.313 e. The maximum absolute atomic E-state index is 3.58. The van der Waals surface area contributed by atoms with Gasteiger partial charge in [-0.2, -0.15) is 0 Å². The van der Waals surface area contributed by atoms with Gasteiger partial charge in [-0.1, -0.05) is 20.8 Å². The number of nitrogens with zero attached hydrogens (tertiary/aromatic N) is 1. The molecule has 0 bridgehead atoms. The van der Waals surface area contributed by atoms with Crippen molar-refractivity contribution in [3.63, 3.8) is 0 Å². The summed E-state index contributed by atoms with van der Waals surface area (Å²) >= 11 is 0. The Morgan fingerprint density at radius 2 is 2.21 bits per heavy atom. The lowest BCUT2D eigenvalue weighted by molar-refractivity contribution is 0.224. The van der Waals surface area contributed by atoms with E-state index >= 15 is 0 Å². The molecule has 1 heterocycles. The Kier molecular flexibility index (Phi) is 5.49. The van der Waals surface area contributed by atoms with Crippen LogP contribution in [-0.4, -0.2) is 37.1 Å². The van der Waals surface area contributed by atoms with Crippen LogP contribution in [0.3, 0.4) is 0 Å². The van der Waals surface area contributed by atoms with Crippen LogP contribution in [0.4, 0.5) is 0 Å². The maximum Gasteiger partial charge on any atom is 0.0195 e. The molecular weight excluding hydrogens is 172 g/mol. The fourth-order valence-electron chi connectivity index (χ4n) is 2.31.